The van der Waals surface area contributed by atoms with Crippen LogP contribution in [0.5, 0.6) is 5.75 Å². The molecule has 2 aromatic carbocycles. The first-order chi connectivity index (χ1) is 17.5. The first-order valence-corrected chi connectivity index (χ1v) is 13.6. The number of nitrogens with zero attached hydrogens (tertiary/aromatic N) is 1. The van der Waals surface area contributed by atoms with Crippen molar-refractivity contribution in [3.05, 3.63) is 54.1 Å². The van der Waals surface area contributed by atoms with E-state index in [0.717, 1.165) is 23.2 Å². The van der Waals surface area contributed by atoms with Crippen molar-refractivity contribution < 1.29 is 32.3 Å². The topological polar surface area (TPSA) is 187 Å². The Bertz CT molecular complexity index is 1410. The highest BCUT2D eigenvalue weighted by atomic mass is 32.2. The highest BCUT2D eigenvalue weighted by Crippen LogP contribution is 2.28. The van der Waals surface area contributed by atoms with Crippen LogP contribution in [0.25, 0.3) is 10.2 Å². The van der Waals surface area contributed by atoms with Crippen LogP contribution in [-0.2, 0) is 35.4 Å². The highest BCUT2D eigenvalue weighted by Gasteiger charge is 2.19. The summed E-state index contributed by atoms with van der Waals surface area (Å²) in [6.45, 7) is -1.20. The van der Waals surface area contributed by atoms with Gasteiger partial charge in [-0.1, -0.05) is 30.3 Å². The van der Waals surface area contributed by atoms with E-state index in [1.54, 1.807) is 42.5 Å². The molecule has 3 aromatic rings. The van der Waals surface area contributed by atoms with E-state index in [2.05, 4.69) is 20.9 Å². The Kier molecular flexibility index (Phi) is 9.14. The molecule has 0 fully saturated rings. The maximum Gasteiger partial charge on any atom is 0.258 e. The second kappa shape index (κ2) is 12.3. The van der Waals surface area contributed by atoms with Crippen LogP contribution in [0.3, 0.4) is 0 Å². The van der Waals surface area contributed by atoms with E-state index in [9.17, 15) is 27.6 Å². The van der Waals surface area contributed by atoms with E-state index in [0.29, 0.717) is 16.0 Å². The summed E-state index contributed by atoms with van der Waals surface area (Å²) in [6, 6.07) is 12.8. The van der Waals surface area contributed by atoms with Crippen molar-refractivity contribution in [2.75, 3.05) is 26.0 Å². The smallest absolute Gasteiger partial charge is 0.258 e. The molecule has 0 aliphatic heterocycles. The van der Waals surface area contributed by atoms with Crippen LogP contribution < -0.4 is 26.4 Å². The van der Waals surface area contributed by atoms with Crippen molar-refractivity contribution in [2.45, 2.75) is 16.8 Å². The fourth-order valence-electron chi connectivity index (χ4n) is 3.07. The average Bonchev–Trinajstić information content (AvgIpc) is 3.29. The minimum Gasteiger partial charge on any atom is -0.484 e. The molecule has 0 spiro atoms. The van der Waals surface area contributed by atoms with Gasteiger partial charge in [-0.25, -0.2) is 13.4 Å². The van der Waals surface area contributed by atoms with E-state index in [-0.39, 0.29) is 10.8 Å². The maximum absolute atomic E-state index is 12.1. The van der Waals surface area contributed by atoms with Crippen LogP contribution in [-0.4, -0.2) is 69.0 Å². The first-order valence-electron chi connectivity index (χ1n) is 10.9. The Balaban J connectivity index is 1.39. The van der Waals surface area contributed by atoms with Gasteiger partial charge in [0.1, 0.15) is 11.8 Å². The van der Waals surface area contributed by atoms with Crippen LogP contribution in [0.2, 0.25) is 0 Å². The molecule has 3 rings (SSSR count). The number of benzene rings is 2. The van der Waals surface area contributed by atoms with Crippen LogP contribution in [0.1, 0.15) is 5.56 Å². The summed E-state index contributed by atoms with van der Waals surface area (Å²) in [5, 5.41) is 7.17. The zero-order chi connectivity index (χ0) is 27.0. The van der Waals surface area contributed by atoms with E-state index < -0.39 is 59.2 Å². The second-order valence-electron chi connectivity index (χ2n) is 7.94. The molecule has 1 aromatic heterocycles. The lowest BCUT2D eigenvalue weighted by Gasteiger charge is -2.16. The van der Waals surface area contributed by atoms with Gasteiger partial charge in [0, 0.05) is 12.7 Å². The molecule has 5 N–H and O–H groups in total. The highest BCUT2D eigenvalue weighted by molar-refractivity contribution is 7.92. The fraction of sp³-hybridized carbons (Fsp3) is 0.261. The summed E-state index contributed by atoms with van der Waals surface area (Å²) in [4.78, 5) is 51.8. The average molecular weight is 548 g/mol. The van der Waals surface area contributed by atoms with E-state index in [1.807, 2.05) is 6.07 Å². The number of primary amides is 1. The molecule has 14 heteroatoms. The van der Waals surface area contributed by atoms with Crippen LogP contribution >= 0.6 is 11.3 Å². The number of thiazole rings is 1. The predicted octanol–water partition coefficient (Wildman–Crippen LogP) is -0.476. The van der Waals surface area contributed by atoms with E-state index >= 15 is 0 Å². The number of carbonyl (C=O) groups excluding carboxylic acids is 4. The lowest BCUT2D eigenvalue weighted by Crippen LogP contribution is -2.49. The minimum atomic E-state index is -3.43. The Morgan fingerprint density at radius 2 is 1.68 bits per heavy atom. The molecule has 0 bridgehead atoms. The van der Waals surface area contributed by atoms with Crippen LogP contribution in [0.4, 0.5) is 0 Å². The molecule has 1 atom stereocenters. The van der Waals surface area contributed by atoms with Crippen LogP contribution in [0, 0.1) is 0 Å². The number of ether oxygens (including phenoxy) is 1. The molecule has 37 heavy (non-hydrogen) atoms. The fourth-order valence-corrected chi connectivity index (χ4v) is 4.93. The van der Waals surface area contributed by atoms with Crippen molar-refractivity contribution in [1.29, 1.82) is 0 Å². The zero-order valence-electron chi connectivity index (χ0n) is 19.7. The third-order valence-electron chi connectivity index (χ3n) is 4.88. The SMILES string of the molecule is CS(=O)(=O)c1nc2ccc(OCC(=O)NCC(=O)NCC(=O)NC(Cc3ccccc3)C(N)=O)cc2s1. The molecule has 1 unspecified atom stereocenters. The minimum absolute atomic E-state index is 0.0153. The molecule has 0 saturated heterocycles. The molecule has 1 heterocycles. The van der Waals surface area contributed by atoms with Gasteiger partial charge >= 0.3 is 0 Å². The van der Waals surface area contributed by atoms with Gasteiger partial charge in [0.05, 0.1) is 23.3 Å². The number of nitrogens with one attached hydrogen (secondary N) is 3. The standard InChI is InChI=1S/C23H25N5O7S2/c1-37(33,34)23-28-16-8-7-15(10-18(16)36-23)35-13-21(31)26-11-19(29)25-12-20(30)27-17(22(24)32)9-14-5-3-2-4-6-14/h2-8,10,17H,9,11-13H2,1H3,(H2,24,32)(H,25,29)(H,26,31)(H,27,30). The second-order valence-corrected chi connectivity index (χ2v) is 11.2. The van der Waals surface area contributed by atoms with Crippen molar-refractivity contribution in [2.24, 2.45) is 5.73 Å². The van der Waals surface area contributed by atoms with Gasteiger partial charge in [0.15, 0.2) is 6.61 Å². The number of amides is 4. The predicted molar refractivity (Wildman–Crippen MR) is 136 cm³/mol. The van der Waals surface area contributed by atoms with Gasteiger partial charge in [-0.05, 0) is 23.8 Å². The molecule has 4 amide bonds. The lowest BCUT2D eigenvalue weighted by molar-refractivity contribution is -0.129. The monoisotopic (exact) mass is 547 g/mol. The quantitative estimate of drug-likeness (QED) is 0.234. The third-order valence-corrected chi connectivity index (χ3v) is 7.58. The molecule has 0 saturated carbocycles. The third kappa shape index (κ3) is 8.54. The number of hydrogen-bond acceptors (Lipinski definition) is 9. The molecule has 0 radical (unpaired) electrons. The zero-order valence-corrected chi connectivity index (χ0v) is 21.4. The number of carbonyl (C=O) groups is 4. The van der Waals surface area contributed by atoms with Gasteiger partial charge in [0.25, 0.3) is 5.91 Å². The maximum atomic E-state index is 12.1. The van der Waals surface area contributed by atoms with Crippen molar-refractivity contribution in [3.8, 4) is 5.75 Å². The summed E-state index contributed by atoms with van der Waals surface area (Å²) in [6.07, 6.45) is 1.28. The Labute approximate surface area is 216 Å². The number of fused-ring (bicyclic) bond motifs is 1. The van der Waals surface area contributed by atoms with Gasteiger partial charge in [-0.2, -0.15) is 0 Å². The first kappa shape index (κ1) is 27.5. The van der Waals surface area contributed by atoms with Gasteiger partial charge in [-0.3, -0.25) is 19.2 Å². The van der Waals surface area contributed by atoms with Crippen molar-refractivity contribution >= 4 is 55.0 Å². The molecule has 196 valence electrons. The number of aromatic nitrogens is 1. The largest absolute Gasteiger partial charge is 0.484 e. The van der Waals surface area contributed by atoms with E-state index in [4.69, 9.17) is 10.5 Å². The normalized spacial score (nSPS) is 11.9. The summed E-state index contributed by atoms with van der Waals surface area (Å²) < 4.78 is 29.3. The summed E-state index contributed by atoms with van der Waals surface area (Å²) in [7, 11) is -3.43. The summed E-state index contributed by atoms with van der Waals surface area (Å²) in [5.41, 5.74) is 6.66. The number of sulfone groups is 1. The Morgan fingerprint density at radius 3 is 2.35 bits per heavy atom. The van der Waals surface area contributed by atoms with Crippen molar-refractivity contribution in [3.63, 3.8) is 0 Å². The number of rotatable bonds is 12. The molecular weight excluding hydrogens is 522 g/mol. The van der Waals surface area contributed by atoms with Crippen LogP contribution in [0.15, 0.2) is 52.9 Å². The summed E-state index contributed by atoms with van der Waals surface area (Å²) >= 11 is 0.989. The molecule has 12 nitrogen and oxygen atoms in total. The van der Waals surface area contributed by atoms with Gasteiger partial charge in [-0.15, -0.1) is 11.3 Å². The molecular formula is C23H25N5O7S2. The summed E-state index contributed by atoms with van der Waals surface area (Å²) in [5.74, 6) is -2.20. The number of hydrogen-bond donors (Lipinski definition) is 4. The molecule has 0 aliphatic rings. The molecule has 0 aliphatic carbocycles. The Morgan fingerprint density at radius 1 is 1.00 bits per heavy atom. The number of nitrogens with two attached hydrogens (primary N) is 1. The van der Waals surface area contributed by atoms with E-state index in [1.165, 1.54) is 0 Å². The van der Waals surface area contributed by atoms with Gasteiger partial charge < -0.3 is 26.4 Å². The van der Waals surface area contributed by atoms with Crippen molar-refractivity contribution in [1.82, 2.24) is 20.9 Å². The Hall–Kier alpha value is -4.04. The lowest BCUT2D eigenvalue weighted by atomic mass is 10.1. The van der Waals surface area contributed by atoms with Gasteiger partial charge in [0.2, 0.25) is 31.9 Å².